The number of hydrogen-bond acceptors (Lipinski definition) is 3. The Morgan fingerprint density at radius 2 is 2.00 bits per heavy atom. The molecule has 122 valence electrons. The predicted octanol–water partition coefficient (Wildman–Crippen LogP) is 4.45. The van der Waals surface area contributed by atoms with Crippen LogP contribution in [0.1, 0.15) is 19.4 Å². The van der Waals surface area contributed by atoms with Gasteiger partial charge in [-0.3, -0.25) is 4.79 Å². The fraction of sp³-hybridized carbons (Fsp3) is 0.278. The van der Waals surface area contributed by atoms with Crippen molar-refractivity contribution in [3.63, 3.8) is 0 Å². The third kappa shape index (κ3) is 4.89. The Balaban J connectivity index is 1.99. The molecule has 0 saturated carbocycles. The van der Waals surface area contributed by atoms with Crippen LogP contribution >= 0.6 is 11.6 Å². The highest BCUT2D eigenvalue weighted by molar-refractivity contribution is 6.31. The number of halogens is 1. The Morgan fingerprint density at radius 1 is 1.22 bits per heavy atom. The van der Waals surface area contributed by atoms with Crippen molar-refractivity contribution in [1.29, 1.82) is 0 Å². The average molecular weight is 334 g/mol. The van der Waals surface area contributed by atoms with Crippen LogP contribution in [0, 0.1) is 6.92 Å². The van der Waals surface area contributed by atoms with E-state index in [9.17, 15) is 4.79 Å². The number of ether oxygens (including phenoxy) is 2. The van der Waals surface area contributed by atoms with Gasteiger partial charge in [-0.15, -0.1) is 0 Å². The zero-order valence-corrected chi connectivity index (χ0v) is 14.2. The third-order valence-electron chi connectivity index (χ3n) is 3.22. The lowest BCUT2D eigenvalue weighted by atomic mass is 10.2. The van der Waals surface area contributed by atoms with E-state index in [-0.39, 0.29) is 5.91 Å². The van der Waals surface area contributed by atoms with Crippen molar-refractivity contribution in [1.82, 2.24) is 0 Å². The van der Waals surface area contributed by atoms with E-state index in [2.05, 4.69) is 5.32 Å². The monoisotopic (exact) mass is 333 g/mol. The molecule has 0 spiro atoms. The van der Waals surface area contributed by atoms with Gasteiger partial charge in [0.25, 0.3) is 5.91 Å². The molecular weight excluding hydrogens is 314 g/mol. The Morgan fingerprint density at radius 3 is 2.70 bits per heavy atom. The van der Waals surface area contributed by atoms with E-state index in [1.807, 2.05) is 32.0 Å². The van der Waals surface area contributed by atoms with Crippen LogP contribution in [0.4, 0.5) is 5.69 Å². The van der Waals surface area contributed by atoms with Gasteiger partial charge in [0.15, 0.2) is 6.10 Å². The minimum absolute atomic E-state index is 0.230. The van der Waals surface area contributed by atoms with Crippen LogP contribution in [0.25, 0.3) is 0 Å². The summed E-state index contributed by atoms with van der Waals surface area (Å²) in [4.78, 5) is 12.2. The predicted molar refractivity (Wildman–Crippen MR) is 92.5 cm³/mol. The summed E-state index contributed by atoms with van der Waals surface area (Å²) >= 11 is 5.98. The van der Waals surface area contributed by atoms with E-state index in [1.54, 1.807) is 31.2 Å². The van der Waals surface area contributed by atoms with Gasteiger partial charge in [0, 0.05) is 16.8 Å². The number of carbonyl (C=O) groups is 1. The van der Waals surface area contributed by atoms with Crippen molar-refractivity contribution in [3.05, 3.63) is 53.1 Å². The number of carbonyl (C=O) groups excluding carboxylic acids is 1. The Hall–Kier alpha value is -2.20. The van der Waals surface area contributed by atoms with Gasteiger partial charge in [-0.2, -0.15) is 0 Å². The quantitative estimate of drug-likeness (QED) is 0.849. The molecule has 0 aliphatic carbocycles. The third-order valence-corrected chi connectivity index (χ3v) is 3.65. The van der Waals surface area contributed by atoms with Crippen molar-refractivity contribution in [2.75, 3.05) is 11.9 Å². The molecule has 2 aromatic carbocycles. The van der Waals surface area contributed by atoms with E-state index in [4.69, 9.17) is 21.1 Å². The van der Waals surface area contributed by atoms with Gasteiger partial charge < -0.3 is 14.8 Å². The van der Waals surface area contributed by atoms with Crippen LogP contribution in [0.2, 0.25) is 5.02 Å². The molecule has 2 rings (SSSR count). The number of hydrogen-bond donors (Lipinski definition) is 1. The molecule has 0 unspecified atom stereocenters. The standard InChI is InChI=1S/C18H20ClNO3/c1-4-22-15-7-5-6-14(11-15)20-18(21)13(3)23-16-8-9-17(19)12(2)10-16/h5-11,13H,4H2,1-3H3,(H,20,21)/t13-/m1/s1. The van der Waals surface area contributed by atoms with E-state index in [0.717, 1.165) is 5.56 Å². The molecule has 0 fully saturated rings. The van der Waals surface area contributed by atoms with E-state index >= 15 is 0 Å². The van der Waals surface area contributed by atoms with E-state index in [0.29, 0.717) is 28.8 Å². The number of aryl methyl sites for hydroxylation is 1. The molecule has 0 bridgehead atoms. The van der Waals surface area contributed by atoms with Crippen LogP contribution in [0.15, 0.2) is 42.5 Å². The van der Waals surface area contributed by atoms with Gasteiger partial charge in [0.2, 0.25) is 0 Å². The zero-order chi connectivity index (χ0) is 16.8. The van der Waals surface area contributed by atoms with Crippen LogP contribution in [0.3, 0.4) is 0 Å². The normalized spacial score (nSPS) is 11.7. The molecule has 0 aromatic heterocycles. The second-order valence-electron chi connectivity index (χ2n) is 5.12. The molecule has 1 atom stereocenters. The number of nitrogens with one attached hydrogen (secondary N) is 1. The molecule has 1 amide bonds. The summed E-state index contributed by atoms with van der Waals surface area (Å²) in [5, 5.41) is 3.49. The number of amides is 1. The van der Waals surface area contributed by atoms with Gasteiger partial charge in [-0.1, -0.05) is 17.7 Å². The lowest BCUT2D eigenvalue weighted by Gasteiger charge is -2.15. The van der Waals surface area contributed by atoms with Gasteiger partial charge in [-0.25, -0.2) is 0 Å². The lowest BCUT2D eigenvalue weighted by Crippen LogP contribution is -2.30. The first-order valence-electron chi connectivity index (χ1n) is 7.46. The highest BCUT2D eigenvalue weighted by Gasteiger charge is 2.15. The van der Waals surface area contributed by atoms with Crippen LogP contribution in [0.5, 0.6) is 11.5 Å². The van der Waals surface area contributed by atoms with Crippen molar-refractivity contribution in [2.45, 2.75) is 26.9 Å². The molecule has 0 aliphatic rings. The zero-order valence-electron chi connectivity index (χ0n) is 13.4. The molecule has 0 radical (unpaired) electrons. The van der Waals surface area contributed by atoms with Crippen LogP contribution < -0.4 is 14.8 Å². The van der Waals surface area contributed by atoms with Gasteiger partial charge in [0.05, 0.1) is 6.61 Å². The Bertz CT molecular complexity index is 688. The number of anilines is 1. The van der Waals surface area contributed by atoms with Crippen molar-refractivity contribution >= 4 is 23.2 Å². The smallest absolute Gasteiger partial charge is 0.265 e. The fourth-order valence-electron chi connectivity index (χ4n) is 2.02. The minimum atomic E-state index is -0.633. The molecular formula is C18H20ClNO3. The number of rotatable bonds is 6. The first kappa shape index (κ1) is 17.2. The molecule has 0 aliphatic heterocycles. The summed E-state index contributed by atoms with van der Waals surface area (Å²) in [6, 6.07) is 12.6. The summed E-state index contributed by atoms with van der Waals surface area (Å²) in [5.41, 5.74) is 1.57. The lowest BCUT2D eigenvalue weighted by molar-refractivity contribution is -0.122. The molecule has 4 nitrogen and oxygen atoms in total. The summed E-state index contributed by atoms with van der Waals surface area (Å²) < 4.78 is 11.1. The maximum atomic E-state index is 12.2. The maximum Gasteiger partial charge on any atom is 0.265 e. The summed E-state index contributed by atoms with van der Waals surface area (Å²) in [6.07, 6.45) is -0.633. The first-order chi connectivity index (χ1) is 11.0. The SMILES string of the molecule is CCOc1cccc(NC(=O)[C@@H](C)Oc2ccc(Cl)c(C)c2)c1. The van der Waals surface area contributed by atoms with Crippen LogP contribution in [-0.2, 0) is 4.79 Å². The summed E-state index contributed by atoms with van der Waals surface area (Å²) in [5.74, 6) is 1.09. The highest BCUT2D eigenvalue weighted by Crippen LogP contribution is 2.22. The maximum absolute atomic E-state index is 12.2. The largest absolute Gasteiger partial charge is 0.494 e. The fourth-order valence-corrected chi connectivity index (χ4v) is 2.14. The summed E-state index contributed by atoms with van der Waals surface area (Å²) in [6.45, 7) is 6.08. The van der Waals surface area contributed by atoms with Crippen molar-refractivity contribution in [3.8, 4) is 11.5 Å². The molecule has 1 N–H and O–H groups in total. The van der Waals surface area contributed by atoms with Gasteiger partial charge in [-0.05, 0) is 56.7 Å². The molecule has 2 aromatic rings. The summed E-state index contributed by atoms with van der Waals surface area (Å²) in [7, 11) is 0. The second-order valence-corrected chi connectivity index (χ2v) is 5.53. The number of benzene rings is 2. The van der Waals surface area contributed by atoms with Crippen molar-refractivity contribution in [2.24, 2.45) is 0 Å². The average Bonchev–Trinajstić information content (AvgIpc) is 2.51. The topological polar surface area (TPSA) is 47.6 Å². The molecule has 0 saturated heterocycles. The first-order valence-corrected chi connectivity index (χ1v) is 7.84. The van der Waals surface area contributed by atoms with Gasteiger partial charge >= 0.3 is 0 Å². The van der Waals surface area contributed by atoms with Crippen molar-refractivity contribution < 1.29 is 14.3 Å². The second kappa shape index (κ2) is 7.88. The molecule has 5 heteroatoms. The van der Waals surface area contributed by atoms with Gasteiger partial charge in [0.1, 0.15) is 11.5 Å². The Labute approximate surface area is 141 Å². The highest BCUT2D eigenvalue weighted by atomic mass is 35.5. The molecule has 0 heterocycles. The molecule has 23 heavy (non-hydrogen) atoms. The minimum Gasteiger partial charge on any atom is -0.494 e. The van der Waals surface area contributed by atoms with E-state index < -0.39 is 6.10 Å². The van der Waals surface area contributed by atoms with E-state index in [1.165, 1.54) is 0 Å². The Kier molecular flexibility index (Phi) is 5.88. The van der Waals surface area contributed by atoms with Crippen LogP contribution in [-0.4, -0.2) is 18.6 Å².